The van der Waals surface area contributed by atoms with Crippen molar-refractivity contribution < 1.29 is 8.53 Å². The van der Waals surface area contributed by atoms with Gasteiger partial charge in [0, 0.05) is 26.6 Å². The maximum Gasteiger partial charge on any atom is 0.162 e. The Hall–Kier alpha value is -2.72. The van der Waals surface area contributed by atoms with Crippen molar-refractivity contribution >= 4 is 43.5 Å². The highest BCUT2D eigenvalue weighted by Gasteiger charge is 2.18. The third-order valence-corrected chi connectivity index (χ3v) is 5.76. The molecule has 5 rings (SSSR count). The number of pyridine rings is 1. The molecule has 3 aromatic heterocycles. The summed E-state index contributed by atoms with van der Waals surface area (Å²) in [6, 6.07) is 14.1. The van der Waals surface area contributed by atoms with Crippen LogP contribution in [0, 0.1) is 6.85 Å². The molecule has 0 aliphatic carbocycles. The lowest BCUT2D eigenvalue weighted by molar-refractivity contribution is 0.589. The van der Waals surface area contributed by atoms with Gasteiger partial charge in [-0.15, -0.1) is 11.3 Å². The maximum absolute atomic E-state index is 7.68. The Labute approximate surface area is 165 Å². The second-order valence-electron chi connectivity index (χ2n) is 7.77. The highest BCUT2D eigenvalue weighted by atomic mass is 32.1. The number of fused-ring (bicyclic) bond motifs is 5. The van der Waals surface area contributed by atoms with Gasteiger partial charge in [0.05, 0.1) is 15.4 Å². The van der Waals surface area contributed by atoms with Crippen LogP contribution >= 0.6 is 11.3 Å². The van der Waals surface area contributed by atoms with Crippen molar-refractivity contribution in [3.63, 3.8) is 0 Å². The molecule has 0 N–H and O–H groups in total. The molecule has 0 saturated carbocycles. The van der Waals surface area contributed by atoms with E-state index in [4.69, 9.17) is 8.53 Å². The molecule has 4 heteroatoms. The summed E-state index contributed by atoms with van der Waals surface area (Å²) >= 11 is 1.19. The molecule has 3 nitrogen and oxygen atoms in total. The summed E-state index contributed by atoms with van der Waals surface area (Å²) in [7, 11) is 0. The first-order valence-corrected chi connectivity index (χ1v) is 9.67. The van der Waals surface area contributed by atoms with E-state index in [1.165, 1.54) is 16.9 Å². The molecule has 0 atom stereocenters. The number of thiazole rings is 1. The molecule has 134 valence electrons. The lowest BCUT2D eigenvalue weighted by Gasteiger charge is -2.19. The van der Waals surface area contributed by atoms with Gasteiger partial charge in [0.25, 0.3) is 0 Å². The Morgan fingerprint density at radius 1 is 1.04 bits per heavy atom. The molecule has 0 saturated heterocycles. The van der Waals surface area contributed by atoms with E-state index in [2.05, 4.69) is 36.8 Å². The molecular weight excluding hydrogens is 352 g/mol. The molecule has 27 heavy (non-hydrogen) atoms. The van der Waals surface area contributed by atoms with E-state index < -0.39 is 6.85 Å². The summed E-state index contributed by atoms with van der Waals surface area (Å²) < 4.78 is 30.2. The van der Waals surface area contributed by atoms with E-state index in [0.717, 1.165) is 32.3 Å². The second kappa shape index (κ2) is 5.64. The molecule has 0 spiro atoms. The van der Waals surface area contributed by atoms with Crippen molar-refractivity contribution in [1.82, 2.24) is 9.97 Å². The first-order chi connectivity index (χ1) is 14.1. The van der Waals surface area contributed by atoms with Gasteiger partial charge in [-0.2, -0.15) is 0 Å². The number of rotatable bonds is 1. The normalized spacial score (nSPS) is 14.6. The van der Waals surface area contributed by atoms with Crippen LogP contribution < -0.4 is 0 Å². The molecular formula is C23H20N2OS. The minimum atomic E-state index is -2.23. The predicted octanol–water partition coefficient (Wildman–Crippen LogP) is 6.86. The smallest absolute Gasteiger partial charge is 0.162 e. The van der Waals surface area contributed by atoms with E-state index in [1.54, 1.807) is 0 Å². The molecule has 0 aliphatic rings. The van der Waals surface area contributed by atoms with Crippen LogP contribution in [0.2, 0.25) is 0 Å². The van der Waals surface area contributed by atoms with Crippen LogP contribution in [0.15, 0.2) is 53.1 Å². The summed E-state index contributed by atoms with van der Waals surface area (Å²) in [6.07, 6.45) is 1.83. The highest BCUT2D eigenvalue weighted by molar-refractivity contribution is 7.18. The zero-order chi connectivity index (χ0) is 21.3. The minimum absolute atomic E-state index is 0.0118. The number of nitrogens with zero attached hydrogens (tertiary/aromatic N) is 2. The van der Waals surface area contributed by atoms with Crippen molar-refractivity contribution in [3.8, 4) is 11.3 Å². The van der Waals surface area contributed by atoms with Crippen LogP contribution in [-0.4, -0.2) is 9.97 Å². The Balaban J connectivity index is 1.79. The number of aryl methyl sites for hydroxylation is 1. The lowest BCUT2D eigenvalue weighted by atomic mass is 9.87. The van der Waals surface area contributed by atoms with Gasteiger partial charge in [0.15, 0.2) is 5.58 Å². The first kappa shape index (κ1) is 13.4. The second-order valence-corrected chi connectivity index (χ2v) is 8.80. The number of hydrogen-bond acceptors (Lipinski definition) is 4. The SMILES string of the molecule is [2H]C([2H])([2H])c1nc2c(ccc3c4cccc(-c5cc(C(C)(C)C)ccn5)c4oc32)s1. The monoisotopic (exact) mass is 375 g/mol. The zero-order valence-electron chi connectivity index (χ0n) is 18.3. The Morgan fingerprint density at radius 3 is 2.70 bits per heavy atom. The van der Waals surface area contributed by atoms with Crippen LogP contribution in [0.25, 0.3) is 43.4 Å². The van der Waals surface area contributed by atoms with Crippen molar-refractivity contribution in [2.75, 3.05) is 0 Å². The summed E-state index contributed by atoms with van der Waals surface area (Å²) in [6.45, 7) is 4.30. The molecule has 0 radical (unpaired) electrons. The molecule has 0 bridgehead atoms. The van der Waals surface area contributed by atoms with Crippen LogP contribution in [0.4, 0.5) is 0 Å². The van der Waals surface area contributed by atoms with Gasteiger partial charge in [0.1, 0.15) is 11.1 Å². The van der Waals surface area contributed by atoms with Gasteiger partial charge in [0.2, 0.25) is 0 Å². The van der Waals surface area contributed by atoms with Crippen LogP contribution in [0.1, 0.15) is 35.5 Å². The van der Waals surface area contributed by atoms with Crippen molar-refractivity contribution in [1.29, 1.82) is 0 Å². The van der Waals surface area contributed by atoms with Crippen molar-refractivity contribution in [2.24, 2.45) is 0 Å². The largest absolute Gasteiger partial charge is 0.453 e. The lowest BCUT2D eigenvalue weighted by Crippen LogP contribution is -2.11. The van der Waals surface area contributed by atoms with E-state index in [-0.39, 0.29) is 10.4 Å². The van der Waals surface area contributed by atoms with E-state index in [0.29, 0.717) is 11.1 Å². The summed E-state index contributed by atoms with van der Waals surface area (Å²) in [5.74, 6) is 0. The zero-order valence-corrected chi connectivity index (χ0v) is 16.1. The number of benzene rings is 2. The van der Waals surface area contributed by atoms with Crippen LogP contribution in [0.5, 0.6) is 0 Å². The Morgan fingerprint density at radius 2 is 1.89 bits per heavy atom. The van der Waals surface area contributed by atoms with E-state index in [1.807, 2.05) is 42.6 Å². The molecule has 2 aromatic carbocycles. The predicted molar refractivity (Wildman–Crippen MR) is 114 cm³/mol. The Kier molecular flexibility index (Phi) is 2.81. The highest BCUT2D eigenvalue weighted by Crippen LogP contribution is 2.39. The van der Waals surface area contributed by atoms with E-state index in [9.17, 15) is 0 Å². The van der Waals surface area contributed by atoms with Crippen molar-refractivity contribution in [2.45, 2.75) is 33.0 Å². The maximum atomic E-state index is 7.68. The fraction of sp³-hybridized carbons (Fsp3) is 0.217. The van der Waals surface area contributed by atoms with Gasteiger partial charge in [-0.25, -0.2) is 4.98 Å². The first-order valence-electron chi connectivity index (χ1n) is 10.3. The fourth-order valence-corrected chi connectivity index (χ4v) is 4.21. The van der Waals surface area contributed by atoms with Gasteiger partial charge >= 0.3 is 0 Å². The molecule has 3 heterocycles. The number of hydrogen-bond donors (Lipinski definition) is 0. The average molecular weight is 376 g/mol. The summed E-state index contributed by atoms with van der Waals surface area (Å²) in [4.78, 5) is 9.00. The number of furan rings is 1. The minimum Gasteiger partial charge on any atom is -0.453 e. The molecule has 5 aromatic rings. The van der Waals surface area contributed by atoms with E-state index >= 15 is 0 Å². The molecule has 0 unspecified atom stereocenters. The summed E-state index contributed by atoms with van der Waals surface area (Å²) in [5, 5.41) is 2.02. The molecule has 0 aliphatic heterocycles. The van der Waals surface area contributed by atoms with Gasteiger partial charge in [-0.3, -0.25) is 4.98 Å². The third kappa shape index (κ3) is 2.55. The average Bonchev–Trinajstić information content (AvgIpc) is 3.28. The Bertz CT molecular complexity index is 1420. The van der Waals surface area contributed by atoms with Crippen LogP contribution in [-0.2, 0) is 5.41 Å². The van der Waals surface area contributed by atoms with Gasteiger partial charge in [-0.05, 0) is 48.2 Å². The standard InChI is InChI=1S/C23H20N2OS/c1-13-25-20-19(27-13)9-8-16-15-6-5-7-17(21(15)26-22(16)20)18-12-14(10-11-24-18)23(2,3)4/h5-12H,1-4H3/i1D3. The van der Waals surface area contributed by atoms with Gasteiger partial charge in [-0.1, -0.05) is 32.9 Å². The number of para-hydroxylation sites is 1. The van der Waals surface area contributed by atoms with Gasteiger partial charge < -0.3 is 4.42 Å². The fourth-order valence-electron chi connectivity index (χ4n) is 3.49. The van der Waals surface area contributed by atoms with Crippen LogP contribution in [0.3, 0.4) is 0 Å². The topological polar surface area (TPSA) is 38.9 Å². The molecule has 0 amide bonds. The molecule has 0 fully saturated rings. The summed E-state index contributed by atoms with van der Waals surface area (Å²) in [5.41, 5.74) is 4.93. The third-order valence-electron chi connectivity index (χ3n) is 4.93. The van der Waals surface area contributed by atoms with Crippen molar-refractivity contribution in [3.05, 3.63) is 59.2 Å². The quantitative estimate of drug-likeness (QED) is 0.321. The number of aromatic nitrogens is 2.